The minimum Gasteiger partial charge on any atom is -0.497 e. The Bertz CT molecular complexity index is 769. The Morgan fingerprint density at radius 2 is 2.29 bits per heavy atom. The highest BCUT2D eigenvalue weighted by Gasteiger charge is 2.28. The molecular formula is C16H20N6O2. The summed E-state index contributed by atoms with van der Waals surface area (Å²) in [5, 5.41) is 11.5. The number of carbonyl (C=O) groups excluding carboxylic acids is 1. The van der Waals surface area contributed by atoms with Crippen LogP contribution in [0.1, 0.15) is 17.8 Å². The lowest BCUT2D eigenvalue weighted by Crippen LogP contribution is -2.34. The molecule has 0 spiro atoms. The van der Waals surface area contributed by atoms with Gasteiger partial charge in [-0.25, -0.2) is 0 Å². The zero-order valence-electron chi connectivity index (χ0n) is 13.7. The number of methoxy groups -OCH3 is 1. The molecule has 8 heteroatoms. The Hall–Kier alpha value is -2.74. The van der Waals surface area contributed by atoms with E-state index in [1.54, 1.807) is 25.0 Å². The van der Waals surface area contributed by atoms with E-state index in [1.165, 1.54) is 4.68 Å². The van der Waals surface area contributed by atoms with E-state index in [-0.39, 0.29) is 11.9 Å². The van der Waals surface area contributed by atoms with Gasteiger partial charge in [0.25, 0.3) is 5.91 Å². The second-order valence-electron chi connectivity index (χ2n) is 5.74. The van der Waals surface area contributed by atoms with Crippen molar-refractivity contribution in [2.45, 2.75) is 19.4 Å². The first-order valence-corrected chi connectivity index (χ1v) is 7.74. The summed E-state index contributed by atoms with van der Waals surface area (Å²) in [6.45, 7) is 2.93. The summed E-state index contributed by atoms with van der Waals surface area (Å²) in [6.07, 6.45) is 2.56. The van der Waals surface area contributed by atoms with Crippen molar-refractivity contribution in [1.29, 1.82) is 0 Å². The van der Waals surface area contributed by atoms with Gasteiger partial charge in [0.15, 0.2) is 5.82 Å². The number of hydrogen-bond donors (Lipinski definition) is 1. The lowest BCUT2D eigenvalue weighted by Gasteiger charge is -2.18. The molecule has 1 aliphatic rings. The van der Waals surface area contributed by atoms with Crippen LogP contribution in [0, 0.1) is 6.92 Å². The van der Waals surface area contributed by atoms with Crippen LogP contribution < -0.4 is 10.5 Å². The third-order valence-corrected chi connectivity index (χ3v) is 3.98. The largest absolute Gasteiger partial charge is 0.497 e. The number of amides is 1. The van der Waals surface area contributed by atoms with Crippen LogP contribution in [0.2, 0.25) is 0 Å². The van der Waals surface area contributed by atoms with Crippen LogP contribution in [0.5, 0.6) is 5.75 Å². The minimum atomic E-state index is -0.138. The monoisotopic (exact) mass is 328 g/mol. The molecule has 8 nitrogen and oxygen atoms in total. The van der Waals surface area contributed by atoms with Crippen LogP contribution in [0.4, 0.5) is 0 Å². The molecular weight excluding hydrogens is 308 g/mol. The van der Waals surface area contributed by atoms with Gasteiger partial charge < -0.3 is 15.4 Å². The van der Waals surface area contributed by atoms with Crippen LogP contribution in [0.25, 0.3) is 11.8 Å². The molecule has 2 heterocycles. The average Bonchev–Trinajstić information content (AvgIpc) is 3.21. The van der Waals surface area contributed by atoms with E-state index in [4.69, 9.17) is 10.5 Å². The van der Waals surface area contributed by atoms with Crippen LogP contribution in [-0.4, -0.2) is 57.3 Å². The Labute approximate surface area is 139 Å². The first-order valence-electron chi connectivity index (χ1n) is 7.74. The normalized spacial score (nSPS) is 18.0. The molecule has 24 heavy (non-hydrogen) atoms. The molecule has 126 valence electrons. The lowest BCUT2D eigenvalue weighted by molar-refractivity contribution is -0.124. The third kappa shape index (κ3) is 3.28. The summed E-state index contributed by atoms with van der Waals surface area (Å²) in [5.74, 6) is 1.12. The molecule has 1 aromatic heterocycles. The van der Waals surface area contributed by atoms with Gasteiger partial charge in [0.1, 0.15) is 11.4 Å². The molecule has 0 bridgehead atoms. The molecule has 1 fully saturated rings. The predicted molar refractivity (Wildman–Crippen MR) is 88.9 cm³/mol. The zero-order valence-corrected chi connectivity index (χ0v) is 13.7. The first-order chi connectivity index (χ1) is 11.6. The van der Waals surface area contributed by atoms with E-state index in [0.29, 0.717) is 30.4 Å². The highest BCUT2D eigenvalue weighted by Crippen LogP contribution is 2.20. The molecule has 1 atom stereocenters. The molecule has 1 unspecified atom stereocenters. The summed E-state index contributed by atoms with van der Waals surface area (Å²) in [7, 11) is 1.60. The lowest BCUT2D eigenvalue weighted by atomic mass is 10.1. The molecule has 0 radical (unpaired) electrons. The molecule has 2 N–H and O–H groups in total. The van der Waals surface area contributed by atoms with E-state index < -0.39 is 0 Å². The summed E-state index contributed by atoms with van der Waals surface area (Å²) < 4.78 is 6.69. The second kappa shape index (κ2) is 6.79. The third-order valence-electron chi connectivity index (χ3n) is 3.98. The summed E-state index contributed by atoms with van der Waals surface area (Å²) in [4.78, 5) is 14.7. The number of aryl methyl sites for hydroxylation is 1. The van der Waals surface area contributed by atoms with E-state index in [1.807, 2.05) is 24.3 Å². The van der Waals surface area contributed by atoms with Crippen molar-refractivity contribution in [3.05, 3.63) is 35.7 Å². The maximum Gasteiger partial charge on any atom is 0.272 e. The Balaban J connectivity index is 2.00. The van der Waals surface area contributed by atoms with Gasteiger partial charge in [0.05, 0.1) is 7.11 Å². The summed E-state index contributed by atoms with van der Waals surface area (Å²) in [5.41, 5.74) is 7.14. The van der Waals surface area contributed by atoms with Gasteiger partial charge in [-0.05, 0) is 47.5 Å². The highest BCUT2D eigenvalue weighted by atomic mass is 16.5. The second-order valence-corrected chi connectivity index (χ2v) is 5.74. The number of ether oxygens (including phenoxy) is 1. The topological polar surface area (TPSA) is 99.2 Å². The van der Waals surface area contributed by atoms with Crippen molar-refractivity contribution in [1.82, 2.24) is 25.1 Å². The Morgan fingerprint density at radius 3 is 2.92 bits per heavy atom. The fourth-order valence-corrected chi connectivity index (χ4v) is 2.69. The Kier molecular flexibility index (Phi) is 4.57. The maximum absolute atomic E-state index is 13.0. The van der Waals surface area contributed by atoms with E-state index in [2.05, 4.69) is 15.5 Å². The van der Waals surface area contributed by atoms with Gasteiger partial charge >= 0.3 is 0 Å². The van der Waals surface area contributed by atoms with Gasteiger partial charge in [0, 0.05) is 19.1 Å². The number of nitrogens with two attached hydrogens (primary N) is 1. The van der Waals surface area contributed by atoms with Crippen molar-refractivity contribution in [2.75, 3.05) is 20.2 Å². The summed E-state index contributed by atoms with van der Waals surface area (Å²) >= 11 is 0. The van der Waals surface area contributed by atoms with Crippen molar-refractivity contribution in [2.24, 2.45) is 5.73 Å². The molecule has 2 aromatic rings. The molecule has 1 aromatic carbocycles. The zero-order chi connectivity index (χ0) is 17.1. The number of likely N-dealkylation sites (tertiary alicyclic amines) is 1. The minimum absolute atomic E-state index is 0.0157. The first kappa shape index (κ1) is 16.1. The number of carbonyl (C=O) groups is 1. The smallest absolute Gasteiger partial charge is 0.272 e. The molecule has 3 rings (SSSR count). The van der Waals surface area contributed by atoms with E-state index in [9.17, 15) is 4.79 Å². The number of rotatable bonds is 4. The molecule has 1 aliphatic heterocycles. The number of nitrogens with zero attached hydrogens (tertiary/aromatic N) is 5. The van der Waals surface area contributed by atoms with Crippen LogP contribution in [-0.2, 0) is 4.79 Å². The number of tetrazole rings is 1. The van der Waals surface area contributed by atoms with Crippen LogP contribution >= 0.6 is 0 Å². The molecule has 1 amide bonds. The molecule has 0 saturated carbocycles. The van der Waals surface area contributed by atoms with Crippen LogP contribution in [0.3, 0.4) is 0 Å². The van der Waals surface area contributed by atoms with Crippen molar-refractivity contribution < 1.29 is 9.53 Å². The highest BCUT2D eigenvalue weighted by molar-refractivity contribution is 6.18. The summed E-state index contributed by atoms with van der Waals surface area (Å²) in [6, 6.07) is 7.47. The van der Waals surface area contributed by atoms with Gasteiger partial charge in [-0.1, -0.05) is 12.1 Å². The quantitative estimate of drug-likeness (QED) is 0.823. The van der Waals surface area contributed by atoms with Crippen molar-refractivity contribution in [3.8, 4) is 5.75 Å². The molecule has 1 saturated heterocycles. The number of benzene rings is 1. The van der Waals surface area contributed by atoms with Gasteiger partial charge in [-0.3, -0.25) is 4.79 Å². The standard InChI is InChI=1S/C16H20N6O2/c1-11-18-19-20-22(11)15(16(23)21-7-6-13(17)10-21)9-12-4-3-5-14(8-12)24-2/h3-5,8-9,13H,6-7,10,17H2,1-2H3/b15-9-. The van der Waals surface area contributed by atoms with Crippen LogP contribution in [0.15, 0.2) is 24.3 Å². The van der Waals surface area contributed by atoms with Crippen molar-refractivity contribution >= 4 is 17.7 Å². The maximum atomic E-state index is 13.0. The van der Waals surface area contributed by atoms with Gasteiger partial charge in [0.2, 0.25) is 0 Å². The SMILES string of the molecule is COc1cccc(/C=C(/C(=O)N2CCC(N)C2)n2nnnc2C)c1. The van der Waals surface area contributed by atoms with E-state index in [0.717, 1.165) is 12.0 Å². The fourth-order valence-electron chi connectivity index (χ4n) is 2.69. The van der Waals surface area contributed by atoms with Crippen molar-refractivity contribution in [3.63, 3.8) is 0 Å². The van der Waals surface area contributed by atoms with E-state index >= 15 is 0 Å². The van der Waals surface area contributed by atoms with Gasteiger partial charge in [-0.15, -0.1) is 5.10 Å². The Morgan fingerprint density at radius 1 is 1.46 bits per heavy atom. The fraction of sp³-hybridized carbons (Fsp3) is 0.375. The molecule has 0 aliphatic carbocycles. The number of aromatic nitrogens is 4. The predicted octanol–water partition coefficient (Wildman–Crippen LogP) is 0.548. The average molecular weight is 328 g/mol. The number of hydrogen-bond acceptors (Lipinski definition) is 6. The van der Waals surface area contributed by atoms with Gasteiger partial charge in [-0.2, -0.15) is 4.68 Å².